The first kappa shape index (κ1) is 15.5. The number of benzene rings is 1. The van der Waals surface area contributed by atoms with Crippen LogP contribution in [0.5, 0.6) is 0 Å². The molecule has 114 valence electrons. The van der Waals surface area contributed by atoms with E-state index < -0.39 is 6.10 Å². The van der Waals surface area contributed by atoms with E-state index in [0.29, 0.717) is 0 Å². The van der Waals surface area contributed by atoms with Gasteiger partial charge in [-0.25, -0.2) is 0 Å². The van der Waals surface area contributed by atoms with Gasteiger partial charge in [0, 0.05) is 12.2 Å². The number of nitrogens with zero attached hydrogens (tertiary/aromatic N) is 1. The summed E-state index contributed by atoms with van der Waals surface area (Å²) < 4.78 is 0. The summed E-state index contributed by atoms with van der Waals surface area (Å²) in [5.74, 6) is -0.384. The largest absolute Gasteiger partial charge is 0.391 e. The Kier molecular flexibility index (Phi) is 4.96. The van der Waals surface area contributed by atoms with Crippen LogP contribution in [0.15, 0.2) is 18.2 Å². The van der Waals surface area contributed by atoms with Gasteiger partial charge in [-0.3, -0.25) is 9.59 Å². The Morgan fingerprint density at radius 1 is 1.33 bits per heavy atom. The van der Waals surface area contributed by atoms with Crippen molar-refractivity contribution in [1.82, 2.24) is 4.90 Å². The maximum atomic E-state index is 12.2. The Morgan fingerprint density at radius 3 is 2.43 bits per heavy atom. The number of nitrogens with one attached hydrogen (secondary N) is 1. The summed E-state index contributed by atoms with van der Waals surface area (Å²) in [5.41, 5.74) is 3.05. The summed E-state index contributed by atoms with van der Waals surface area (Å²) in [7, 11) is 0. The van der Waals surface area contributed by atoms with Gasteiger partial charge < -0.3 is 15.3 Å². The molecule has 0 aromatic heterocycles. The lowest BCUT2D eigenvalue weighted by molar-refractivity contribution is -0.131. The molecule has 1 saturated heterocycles. The van der Waals surface area contributed by atoms with Gasteiger partial charge in [0.05, 0.1) is 19.1 Å². The molecule has 1 unspecified atom stereocenters. The zero-order valence-corrected chi connectivity index (χ0v) is 12.6. The van der Waals surface area contributed by atoms with Crippen LogP contribution in [-0.4, -0.2) is 41.0 Å². The fourth-order valence-electron chi connectivity index (χ4n) is 2.66. The molecule has 2 N–H and O–H groups in total. The number of aryl methyl sites for hydroxylation is 2. The molecular formula is C16H22N2O3. The number of amides is 2. The minimum Gasteiger partial charge on any atom is -0.391 e. The van der Waals surface area contributed by atoms with Crippen LogP contribution in [0, 0.1) is 0 Å². The molecule has 1 aliphatic rings. The first-order valence-corrected chi connectivity index (χ1v) is 7.41. The van der Waals surface area contributed by atoms with Crippen molar-refractivity contribution in [3.8, 4) is 0 Å². The molecule has 0 aliphatic carbocycles. The number of likely N-dealkylation sites (tertiary alicyclic amines) is 1. The monoisotopic (exact) mass is 290 g/mol. The lowest BCUT2D eigenvalue weighted by Gasteiger charge is -2.18. The molecule has 1 heterocycles. The van der Waals surface area contributed by atoms with Crippen LogP contribution in [-0.2, 0) is 22.4 Å². The topological polar surface area (TPSA) is 69.6 Å². The number of rotatable bonds is 5. The Hall–Kier alpha value is -1.88. The Labute approximate surface area is 125 Å². The van der Waals surface area contributed by atoms with E-state index in [1.807, 2.05) is 32.0 Å². The number of hydrogen-bond donors (Lipinski definition) is 2. The SMILES string of the molecule is CCc1cccc(CC)c1NC(=O)CN1CC(O)CC1=O. The van der Waals surface area contributed by atoms with E-state index >= 15 is 0 Å². The van der Waals surface area contributed by atoms with Gasteiger partial charge in [0.2, 0.25) is 11.8 Å². The zero-order valence-electron chi connectivity index (χ0n) is 12.6. The molecule has 1 fully saturated rings. The van der Waals surface area contributed by atoms with Crippen molar-refractivity contribution >= 4 is 17.5 Å². The standard InChI is InChI=1S/C16H22N2O3/c1-3-11-6-5-7-12(4-2)16(11)17-14(20)10-18-9-13(19)8-15(18)21/h5-7,13,19H,3-4,8-10H2,1-2H3,(H,17,20). The quantitative estimate of drug-likeness (QED) is 0.860. The Bertz CT molecular complexity index is 520. The first-order valence-electron chi connectivity index (χ1n) is 7.41. The molecule has 0 saturated carbocycles. The molecule has 2 rings (SSSR count). The van der Waals surface area contributed by atoms with Crippen molar-refractivity contribution in [2.45, 2.75) is 39.2 Å². The maximum Gasteiger partial charge on any atom is 0.244 e. The zero-order chi connectivity index (χ0) is 15.4. The van der Waals surface area contributed by atoms with Crippen LogP contribution < -0.4 is 5.32 Å². The van der Waals surface area contributed by atoms with E-state index in [9.17, 15) is 14.7 Å². The Morgan fingerprint density at radius 2 is 1.95 bits per heavy atom. The molecule has 0 radical (unpaired) electrons. The highest BCUT2D eigenvalue weighted by Gasteiger charge is 2.29. The molecule has 1 aromatic rings. The van der Waals surface area contributed by atoms with E-state index in [0.717, 1.165) is 29.7 Å². The molecule has 5 nitrogen and oxygen atoms in total. The van der Waals surface area contributed by atoms with Crippen molar-refractivity contribution in [2.24, 2.45) is 0 Å². The number of aliphatic hydroxyl groups is 1. The van der Waals surface area contributed by atoms with Crippen molar-refractivity contribution < 1.29 is 14.7 Å². The Balaban J connectivity index is 2.07. The first-order chi connectivity index (χ1) is 10.0. The van der Waals surface area contributed by atoms with E-state index in [1.165, 1.54) is 4.90 Å². The molecule has 5 heteroatoms. The average Bonchev–Trinajstić information content (AvgIpc) is 2.76. The number of hydrogen-bond acceptors (Lipinski definition) is 3. The maximum absolute atomic E-state index is 12.2. The number of aliphatic hydroxyl groups excluding tert-OH is 1. The molecule has 1 aliphatic heterocycles. The predicted molar refractivity (Wildman–Crippen MR) is 81.0 cm³/mol. The summed E-state index contributed by atoms with van der Waals surface area (Å²) in [5, 5.41) is 12.4. The highest BCUT2D eigenvalue weighted by molar-refractivity contribution is 5.96. The highest BCUT2D eigenvalue weighted by Crippen LogP contribution is 2.22. The normalized spacial score (nSPS) is 18.1. The van der Waals surface area contributed by atoms with Gasteiger partial charge in [-0.1, -0.05) is 32.0 Å². The summed E-state index contributed by atoms with van der Waals surface area (Å²) in [6, 6.07) is 5.99. The molecule has 1 atom stereocenters. The fourth-order valence-corrected chi connectivity index (χ4v) is 2.66. The molecule has 21 heavy (non-hydrogen) atoms. The summed E-state index contributed by atoms with van der Waals surface area (Å²) in [6.07, 6.45) is 1.13. The lowest BCUT2D eigenvalue weighted by atomic mass is 10.0. The molecule has 1 aromatic carbocycles. The highest BCUT2D eigenvalue weighted by atomic mass is 16.3. The van der Waals surface area contributed by atoms with Crippen molar-refractivity contribution in [3.63, 3.8) is 0 Å². The average molecular weight is 290 g/mol. The van der Waals surface area contributed by atoms with Crippen LogP contribution in [0.25, 0.3) is 0 Å². The molecule has 0 spiro atoms. The van der Waals surface area contributed by atoms with Crippen LogP contribution >= 0.6 is 0 Å². The second-order valence-corrected chi connectivity index (χ2v) is 5.34. The van der Waals surface area contributed by atoms with Gasteiger partial charge in [0.25, 0.3) is 0 Å². The van der Waals surface area contributed by atoms with Gasteiger partial charge in [0.15, 0.2) is 0 Å². The minimum absolute atomic E-state index is 0.00288. The van der Waals surface area contributed by atoms with E-state index in [2.05, 4.69) is 5.32 Å². The van der Waals surface area contributed by atoms with Gasteiger partial charge in [-0.05, 0) is 24.0 Å². The van der Waals surface area contributed by atoms with Gasteiger partial charge in [-0.2, -0.15) is 0 Å². The third-order valence-electron chi connectivity index (χ3n) is 3.79. The van der Waals surface area contributed by atoms with Crippen LogP contribution in [0.3, 0.4) is 0 Å². The summed E-state index contributed by atoms with van der Waals surface area (Å²) in [4.78, 5) is 25.2. The lowest BCUT2D eigenvalue weighted by Crippen LogP contribution is -2.35. The van der Waals surface area contributed by atoms with Gasteiger partial charge in [0.1, 0.15) is 0 Å². The third kappa shape index (κ3) is 3.61. The van der Waals surface area contributed by atoms with Crippen LogP contribution in [0.2, 0.25) is 0 Å². The fraction of sp³-hybridized carbons (Fsp3) is 0.500. The van der Waals surface area contributed by atoms with Crippen molar-refractivity contribution in [2.75, 3.05) is 18.4 Å². The number of anilines is 1. The minimum atomic E-state index is -0.653. The third-order valence-corrected chi connectivity index (χ3v) is 3.79. The van der Waals surface area contributed by atoms with E-state index in [-0.39, 0.29) is 31.3 Å². The molecule has 2 amide bonds. The number of para-hydroxylation sites is 1. The molecule has 0 bridgehead atoms. The van der Waals surface area contributed by atoms with Crippen molar-refractivity contribution in [1.29, 1.82) is 0 Å². The summed E-state index contributed by atoms with van der Waals surface area (Å²) in [6.45, 7) is 4.33. The predicted octanol–water partition coefficient (Wildman–Crippen LogP) is 1.34. The second-order valence-electron chi connectivity index (χ2n) is 5.34. The van der Waals surface area contributed by atoms with Crippen LogP contribution in [0.1, 0.15) is 31.4 Å². The van der Waals surface area contributed by atoms with Gasteiger partial charge in [-0.15, -0.1) is 0 Å². The van der Waals surface area contributed by atoms with Crippen molar-refractivity contribution in [3.05, 3.63) is 29.3 Å². The van der Waals surface area contributed by atoms with E-state index in [1.54, 1.807) is 0 Å². The summed E-state index contributed by atoms with van der Waals surface area (Å²) >= 11 is 0. The van der Waals surface area contributed by atoms with Crippen LogP contribution in [0.4, 0.5) is 5.69 Å². The number of carbonyl (C=O) groups excluding carboxylic acids is 2. The number of carbonyl (C=O) groups is 2. The second kappa shape index (κ2) is 6.72. The smallest absolute Gasteiger partial charge is 0.244 e. The molecular weight excluding hydrogens is 268 g/mol. The van der Waals surface area contributed by atoms with Gasteiger partial charge >= 0.3 is 0 Å². The van der Waals surface area contributed by atoms with E-state index in [4.69, 9.17) is 0 Å². The number of β-amino-alcohol motifs (C(OH)–C–C–N with tert-alkyl or cyclic N) is 1.